The summed E-state index contributed by atoms with van der Waals surface area (Å²) in [5, 5.41) is 0. The van der Waals surface area contributed by atoms with Crippen molar-refractivity contribution in [3.05, 3.63) is 0 Å². The molecule has 1 aliphatic carbocycles. The molecule has 0 atom stereocenters. The highest BCUT2D eigenvalue weighted by Crippen LogP contribution is 2.32. The number of alkyl halides is 2. The van der Waals surface area contributed by atoms with E-state index in [1.54, 1.807) is 0 Å². The molecule has 0 heterocycles. The van der Waals surface area contributed by atoms with Gasteiger partial charge in [-0.1, -0.05) is 45.4 Å². The third-order valence-corrected chi connectivity index (χ3v) is 3.25. The molecule has 0 aromatic rings. The highest BCUT2D eigenvalue weighted by Gasteiger charge is 2.27. The molecule has 0 spiro atoms. The van der Waals surface area contributed by atoms with E-state index in [0.717, 1.165) is 18.8 Å². The second kappa shape index (κ2) is 5.67. The van der Waals surface area contributed by atoms with Gasteiger partial charge in [-0.2, -0.15) is 0 Å². The maximum absolute atomic E-state index is 13.1. The molecule has 14 heavy (non-hydrogen) atoms. The van der Waals surface area contributed by atoms with Gasteiger partial charge in [0.25, 0.3) is 0 Å². The van der Waals surface area contributed by atoms with E-state index in [1.165, 1.54) is 25.7 Å². The van der Waals surface area contributed by atoms with E-state index in [2.05, 4.69) is 0 Å². The van der Waals surface area contributed by atoms with Crippen LogP contribution in [0.15, 0.2) is 0 Å². The van der Waals surface area contributed by atoms with Gasteiger partial charge in [-0.15, -0.1) is 0 Å². The van der Waals surface area contributed by atoms with Crippen LogP contribution in [-0.2, 0) is 0 Å². The predicted octanol–water partition coefficient (Wildman–Crippen LogP) is 4.78. The molecule has 1 fully saturated rings. The Morgan fingerprint density at radius 3 is 2.36 bits per heavy atom. The van der Waals surface area contributed by atoms with Crippen LogP contribution >= 0.6 is 0 Å². The van der Waals surface area contributed by atoms with Crippen molar-refractivity contribution < 1.29 is 8.78 Å². The molecule has 0 unspecified atom stereocenters. The minimum Gasteiger partial charge on any atom is -0.207 e. The quantitative estimate of drug-likeness (QED) is 0.584. The molecule has 1 rings (SSSR count). The number of hydrogen-bond acceptors (Lipinski definition) is 0. The molecular formula is C12H22F2. The van der Waals surface area contributed by atoms with Crippen LogP contribution in [-0.4, -0.2) is 5.92 Å². The van der Waals surface area contributed by atoms with Gasteiger partial charge in [0.05, 0.1) is 0 Å². The van der Waals surface area contributed by atoms with Crippen LogP contribution in [0.1, 0.15) is 64.7 Å². The van der Waals surface area contributed by atoms with Gasteiger partial charge in [0, 0.05) is 12.8 Å². The average Bonchev–Trinajstić information content (AvgIpc) is 2.56. The van der Waals surface area contributed by atoms with E-state index in [9.17, 15) is 8.78 Å². The maximum atomic E-state index is 13.1. The first-order valence-corrected chi connectivity index (χ1v) is 6.02. The van der Waals surface area contributed by atoms with Gasteiger partial charge in [0.1, 0.15) is 0 Å². The van der Waals surface area contributed by atoms with Crippen molar-refractivity contribution in [2.45, 2.75) is 70.6 Å². The highest BCUT2D eigenvalue weighted by molar-refractivity contribution is 4.70. The zero-order chi connectivity index (χ0) is 10.4. The molecule has 0 radical (unpaired) electrons. The largest absolute Gasteiger partial charge is 0.248 e. The fraction of sp³-hybridized carbons (Fsp3) is 1.00. The van der Waals surface area contributed by atoms with Gasteiger partial charge in [-0.25, -0.2) is 8.78 Å². The molecule has 1 saturated carbocycles. The summed E-state index contributed by atoms with van der Waals surface area (Å²) in [5.74, 6) is -1.64. The van der Waals surface area contributed by atoms with Crippen molar-refractivity contribution in [1.82, 2.24) is 0 Å². The van der Waals surface area contributed by atoms with Gasteiger partial charge in [-0.3, -0.25) is 0 Å². The third kappa shape index (κ3) is 4.39. The first kappa shape index (κ1) is 11.9. The van der Waals surface area contributed by atoms with Gasteiger partial charge in [0.2, 0.25) is 5.92 Å². The zero-order valence-electron chi connectivity index (χ0n) is 9.20. The normalized spacial score (nSPS) is 19.1. The van der Waals surface area contributed by atoms with E-state index < -0.39 is 5.92 Å². The molecule has 0 nitrogen and oxygen atoms in total. The Kier molecular flexibility index (Phi) is 4.83. The second-order valence-electron chi connectivity index (χ2n) is 4.65. The first-order chi connectivity index (χ1) is 6.64. The maximum Gasteiger partial charge on any atom is 0.248 e. The second-order valence-corrected chi connectivity index (χ2v) is 4.65. The van der Waals surface area contributed by atoms with Crippen LogP contribution in [0.4, 0.5) is 8.78 Å². The standard InChI is InChI=1S/C12H22F2/c1-2-9-12(13,14)10-5-8-11-6-3-4-7-11/h11H,2-10H2,1H3. The van der Waals surface area contributed by atoms with Crippen LogP contribution in [0.25, 0.3) is 0 Å². The van der Waals surface area contributed by atoms with Crippen LogP contribution in [0.2, 0.25) is 0 Å². The third-order valence-electron chi connectivity index (χ3n) is 3.25. The molecule has 1 aliphatic rings. The number of rotatable bonds is 6. The minimum atomic E-state index is -2.40. The summed E-state index contributed by atoms with van der Waals surface area (Å²) in [6.07, 6.45) is 7.70. The summed E-state index contributed by atoms with van der Waals surface area (Å²) in [7, 11) is 0. The topological polar surface area (TPSA) is 0 Å². The summed E-state index contributed by atoms with van der Waals surface area (Å²) in [5.41, 5.74) is 0. The van der Waals surface area contributed by atoms with E-state index >= 15 is 0 Å². The lowest BCUT2D eigenvalue weighted by atomic mass is 9.98. The number of halogens is 2. The smallest absolute Gasteiger partial charge is 0.207 e. The van der Waals surface area contributed by atoms with Crippen LogP contribution in [0.5, 0.6) is 0 Å². The van der Waals surface area contributed by atoms with Crippen molar-refractivity contribution in [1.29, 1.82) is 0 Å². The Bertz CT molecular complexity index is 148. The Morgan fingerprint density at radius 1 is 1.14 bits per heavy atom. The molecule has 0 saturated heterocycles. The lowest BCUT2D eigenvalue weighted by Gasteiger charge is -2.16. The van der Waals surface area contributed by atoms with Crippen molar-refractivity contribution >= 4 is 0 Å². The van der Waals surface area contributed by atoms with Crippen molar-refractivity contribution in [3.63, 3.8) is 0 Å². The summed E-state index contributed by atoms with van der Waals surface area (Å²) >= 11 is 0. The molecule has 84 valence electrons. The van der Waals surface area contributed by atoms with E-state index in [-0.39, 0.29) is 12.8 Å². The summed E-state index contributed by atoms with van der Waals surface area (Å²) in [6.45, 7) is 1.82. The van der Waals surface area contributed by atoms with Gasteiger partial charge in [-0.05, 0) is 12.3 Å². The van der Waals surface area contributed by atoms with Crippen molar-refractivity contribution in [3.8, 4) is 0 Å². The van der Waals surface area contributed by atoms with E-state index in [4.69, 9.17) is 0 Å². The molecule has 0 aromatic heterocycles. The minimum absolute atomic E-state index is 0.0671. The van der Waals surface area contributed by atoms with E-state index in [0.29, 0.717) is 6.42 Å². The van der Waals surface area contributed by atoms with Crippen molar-refractivity contribution in [2.75, 3.05) is 0 Å². The number of hydrogen-bond donors (Lipinski definition) is 0. The summed E-state index contributed by atoms with van der Waals surface area (Å²) in [6, 6.07) is 0. The predicted molar refractivity (Wildman–Crippen MR) is 55.7 cm³/mol. The molecule has 0 bridgehead atoms. The zero-order valence-corrected chi connectivity index (χ0v) is 9.20. The Balaban J connectivity index is 2.07. The van der Waals surface area contributed by atoms with Crippen molar-refractivity contribution in [2.24, 2.45) is 5.92 Å². The fourth-order valence-electron chi connectivity index (χ4n) is 2.44. The molecule has 0 N–H and O–H groups in total. The summed E-state index contributed by atoms with van der Waals surface area (Å²) in [4.78, 5) is 0. The molecule has 0 amide bonds. The Morgan fingerprint density at radius 2 is 1.79 bits per heavy atom. The lowest BCUT2D eigenvalue weighted by Crippen LogP contribution is -2.15. The monoisotopic (exact) mass is 204 g/mol. The van der Waals surface area contributed by atoms with Crippen LogP contribution in [0.3, 0.4) is 0 Å². The molecule has 2 heteroatoms. The Labute approximate surface area is 86.1 Å². The Hall–Kier alpha value is -0.140. The molecule has 0 aliphatic heterocycles. The fourth-order valence-corrected chi connectivity index (χ4v) is 2.44. The highest BCUT2D eigenvalue weighted by atomic mass is 19.3. The van der Waals surface area contributed by atoms with Crippen LogP contribution < -0.4 is 0 Å². The lowest BCUT2D eigenvalue weighted by molar-refractivity contribution is -0.0197. The summed E-state index contributed by atoms with van der Waals surface area (Å²) < 4.78 is 26.2. The van der Waals surface area contributed by atoms with Gasteiger partial charge in [0.15, 0.2) is 0 Å². The SMILES string of the molecule is CCCC(F)(F)CCCC1CCCC1. The average molecular weight is 204 g/mol. The molecule has 0 aromatic carbocycles. The van der Waals surface area contributed by atoms with Gasteiger partial charge < -0.3 is 0 Å². The van der Waals surface area contributed by atoms with E-state index in [1.807, 2.05) is 6.92 Å². The first-order valence-electron chi connectivity index (χ1n) is 6.02. The van der Waals surface area contributed by atoms with Gasteiger partial charge >= 0.3 is 0 Å². The van der Waals surface area contributed by atoms with Crippen LogP contribution in [0, 0.1) is 5.92 Å². The molecular weight excluding hydrogens is 182 g/mol.